The van der Waals surface area contributed by atoms with Gasteiger partial charge in [0.05, 0.1) is 33.6 Å². The van der Waals surface area contributed by atoms with Crippen molar-refractivity contribution in [3.05, 3.63) is 63.1 Å². The van der Waals surface area contributed by atoms with Gasteiger partial charge in [0, 0.05) is 43.8 Å². The molecule has 2 aromatic carbocycles. The van der Waals surface area contributed by atoms with Gasteiger partial charge in [-0.15, -0.1) is 0 Å². The van der Waals surface area contributed by atoms with Crippen LogP contribution in [0.5, 0.6) is 0 Å². The molecule has 0 spiro atoms. The maximum atomic E-state index is 12.1. The Morgan fingerprint density at radius 2 is 0.827 bits per heavy atom. The van der Waals surface area contributed by atoms with Gasteiger partial charge in [0.25, 0.3) is 11.8 Å². The van der Waals surface area contributed by atoms with Gasteiger partial charge < -0.3 is 37.7 Å². The molecular formula is C38H60B3BrN2O8. The zero-order valence-corrected chi connectivity index (χ0v) is 36.3. The van der Waals surface area contributed by atoms with Crippen LogP contribution in [-0.2, 0) is 27.9 Å². The Morgan fingerprint density at radius 3 is 1.15 bits per heavy atom. The summed E-state index contributed by atoms with van der Waals surface area (Å²) < 4.78 is 37.0. The normalized spacial score (nSPS) is 21.5. The molecule has 2 aromatic rings. The summed E-state index contributed by atoms with van der Waals surface area (Å²) in [5.74, 6) is 0.00784. The lowest BCUT2D eigenvalue weighted by molar-refractivity contribution is 0.00578. The van der Waals surface area contributed by atoms with E-state index < -0.39 is 21.1 Å². The molecule has 3 heterocycles. The van der Waals surface area contributed by atoms with E-state index in [2.05, 4.69) is 15.9 Å². The first-order valence-electron chi connectivity index (χ1n) is 17.8. The minimum atomic E-state index is -0.476. The average Bonchev–Trinajstić information content (AvgIpc) is 3.47. The molecule has 0 bridgehead atoms. The molecule has 10 nitrogen and oxygen atoms in total. The van der Waals surface area contributed by atoms with Crippen LogP contribution in [0.15, 0.2) is 40.9 Å². The highest BCUT2D eigenvalue weighted by molar-refractivity contribution is 9.10. The number of benzene rings is 2. The van der Waals surface area contributed by atoms with Crippen molar-refractivity contribution in [1.82, 2.24) is 9.80 Å². The highest BCUT2D eigenvalue weighted by Gasteiger charge is 2.63. The summed E-state index contributed by atoms with van der Waals surface area (Å²) in [5, 5.41) is 0. The summed E-state index contributed by atoms with van der Waals surface area (Å²) in [6.07, 6.45) is 0. The van der Waals surface area contributed by atoms with Crippen LogP contribution in [0.1, 0.15) is 115 Å². The van der Waals surface area contributed by atoms with E-state index in [-0.39, 0.29) is 45.4 Å². The lowest BCUT2D eigenvalue weighted by Crippen LogP contribution is -2.41. The zero-order valence-electron chi connectivity index (χ0n) is 34.7. The van der Waals surface area contributed by atoms with Gasteiger partial charge in [-0.25, -0.2) is 0 Å². The van der Waals surface area contributed by atoms with Crippen LogP contribution in [0.25, 0.3) is 0 Å². The van der Waals surface area contributed by atoms with E-state index in [1.165, 1.54) is 0 Å². The van der Waals surface area contributed by atoms with Gasteiger partial charge in [-0.3, -0.25) is 9.59 Å². The molecule has 0 saturated carbocycles. The number of rotatable bonds is 4. The molecule has 0 N–H and O–H groups in total. The highest BCUT2D eigenvalue weighted by Crippen LogP contribution is 2.43. The molecule has 3 saturated heterocycles. The maximum absolute atomic E-state index is 12.1. The van der Waals surface area contributed by atoms with E-state index in [0.717, 1.165) is 21.1 Å². The van der Waals surface area contributed by atoms with Crippen molar-refractivity contribution in [2.75, 3.05) is 28.2 Å². The van der Waals surface area contributed by atoms with Crippen molar-refractivity contribution in [2.45, 2.75) is 131 Å². The van der Waals surface area contributed by atoms with Gasteiger partial charge in [-0.2, -0.15) is 0 Å². The minimum absolute atomic E-state index is 0.0206. The second-order valence-electron chi connectivity index (χ2n) is 17.3. The van der Waals surface area contributed by atoms with Crippen molar-refractivity contribution in [1.29, 1.82) is 0 Å². The fourth-order valence-corrected chi connectivity index (χ4v) is 5.62. The molecule has 0 aromatic heterocycles. The third-order valence-electron chi connectivity index (χ3n) is 11.0. The predicted octanol–water partition coefficient (Wildman–Crippen LogP) is 6.70. The van der Waals surface area contributed by atoms with Crippen LogP contribution < -0.4 is 5.46 Å². The number of carbonyl (C=O) groups is 2. The van der Waals surface area contributed by atoms with E-state index >= 15 is 0 Å². The largest absolute Gasteiger partial charge is 0.495 e. The topological polar surface area (TPSA) is 96.0 Å². The molecule has 3 fully saturated rings. The van der Waals surface area contributed by atoms with Gasteiger partial charge in [0.2, 0.25) is 0 Å². The third kappa shape index (κ3) is 9.54. The van der Waals surface area contributed by atoms with E-state index in [4.69, 9.17) is 27.9 Å². The Morgan fingerprint density at radius 1 is 0.519 bits per heavy atom. The molecule has 2 amide bonds. The average molecular weight is 785 g/mol. The summed E-state index contributed by atoms with van der Waals surface area (Å²) in [6.45, 7) is 28.3. The predicted molar refractivity (Wildman–Crippen MR) is 214 cm³/mol. The van der Waals surface area contributed by atoms with E-state index in [1.54, 1.807) is 38.0 Å². The molecule has 5 rings (SSSR count). The summed E-state index contributed by atoms with van der Waals surface area (Å²) in [5.41, 5.74) is 2.26. The first kappa shape index (κ1) is 44.2. The summed E-state index contributed by atoms with van der Waals surface area (Å²) in [7, 11) is 5.59. The molecule has 0 atom stereocenters. The highest BCUT2D eigenvalue weighted by atomic mass is 79.9. The van der Waals surface area contributed by atoms with Gasteiger partial charge in [0.1, 0.15) is 0 Å². The fraction of sp³-hybridized carbons (Fsp3) is 0.632. The zero-order chi connectivity index (χ0) is 40.0. The Hall–Kier alpha value is -2.19. The lowest BCUT2D eigenvalue weighted by atomic mass is 9.49. The number of halogens is 1. The molecular weight excluding hydrogens is 725 g/mol. The van der Waals surface area contributed by atoms with Crippen LogP contribution in [0.4, 0.5) is 0 Å². The number of carbonyl (C=O) groups excluding carboxylic acids is 2. The molecule has 3 aliphatic rings. The monoisotopic (exact) mass is 784 g/mol. The Bertz CT molecular complexity index is 1550. The van der Waals surface area contributed by atoms with E-state index in [9.17, 15) is 9.59 Å². The number of hydrogen-bond donors (Lipinski definition) is 0. The van der Waals surface area contributed by atoms with Crippen LogP contribution in [0.3, 0.4) is 0 Å². The second kappa shape index (κ2) is 15.5. The standard InChI is InChI=1S/C16H24BNO3.C12H24B2O4.C10H12BrNO/c1-11-8-9-12(14(19)18(6)7)10-13(11)17-20-15(2,3)16(4,5)21-17;1-9(2)10(3,4)16-13(15-9)14-17-11(5,6)12(7,8)18-14;1-7-4-5-8(6-9(7)11)10(13)12(2)3/h8-10H,1-7H3;1-8H3;4-6H,1-3H3. The van der Waals surface area contributed by atoms with Crippen LogP contribution >= 0.6 is 15.9 Å². The van der Waals surface area contributed by atoms with E-state index in [0.29, 0.717) is 11.1 Å². The van der Waals surface area contributed by atoms with Gasteiger partial charge in [-0.05, 0) is 132 Å². The van der Waals surface area contributed by atoms with Crippen LogP contribution in [0, 0.1) is 13.8 Å². The number of aryl methyl sites for hydroxylation is 2. The molecule has 0 unspecified atom stereocenters. The first-order valence-corrected chi connectivity index (χ1v) is 18.6. The molecule has 286 valence electrons. The van der Waals surface area contributed by atoms with E-state index in [1.807, 2.05) is 133 Å². The molecule has 52 heavy (non-hydrogen) atoms. The van der Waals surface area contributed by atoms with Crippen molar-refractivity contribution < 1.29 is 37.5 Å². The van der Waals surface area contributed by atoms with Gasteiger partial charge in [-0.1, -0.05) is 33.6 Å². The molecule has 0 radical (unpaired) electrons. The minimum Gasteiger partial charge on any atom is -0.405 e. The molecule has 0 aliphatic carbocycles. The molecule has 3 aliphatic heterocycles. The number of hydrogen-bond acceptors (Lipinski definition) is 8. The number of amides is 2. The Labute approximate surface area is 322 Å². The van der Waals surface area contributed by atoms with Crippen molar-refractivity contribution in [3.63, 3.8) is 0 Å². The Kier molecular flexibility index (Phi) is 13.2. The first-order chi connectivity index (χ1) is 23.4. The van der Waals surface area contributed by atoms with Crippen molar-refractivity contribution in [3.8, 4) is 0 Å². The number of nitrogens with zero attached hydrogens (tertiary/aromatic N) is 2. The van der Waals surface area contributed by atoms with Gasteiger partial charge >= 0.3 is 21.1 Å². The Balaban J connectivity index is 0.000000216. The summed E-state index contributed by atoms with van der Waals surface area (Å²) in [6, 6.07) is 11.3. The van der Waals surface area contributed by atoms with Crippen molar-refractivity contribution in [2.24, 2.45) is 0 Å². The van der Waals surface area contributed by atoms with Gasteiger partial charge in [0.15, 0.2) is 0 Å². The quantitative estimate of drug-likeness (QED) is 0.316. The summed E-state index contributed by atoms with van der Waals surface area (Å²) in [4.78, 5) is 26.8. The summed E-state index contributed by atoms with van der Waals surface area (Å²) >= 11 is 3.39. The molecule has 14 heteroatoms. The third-order valence-corrected chi connectivity index (χ3v) is 11.9. The smallest absolute Gasteiger partial charge is 0.405 e. The lowest BCUT2D eigenvalue weighted by Gasteiger charge is -2.32. The maximum Gasteiger partial charge on any atom is 0.495 e. The van der Waals surface area contributed by atoms with Crippen LogP contribution in [-0.4, -0.2) is 105 Å². The SMILES string of the molecule is CC1(C)OB(B2OC(C)(C)C(C)(C)O2)OC1(C)C.Cc1ccc(C(=O)N(C)C)cc1B1OC(C)(C)C(C)(C)O1.Cc1ccc(C(=O)N(C)C)cc1Br. The fourth-order valence-electron chi connectivity index (χ4n) is 5.24. The second-order valence-corrected chi connectivity index (χ2v) is 18.1. The van der Waals surface area contributed by atoms with Crippen LogP contribution in [0.2, 0.25) is 0 Å². The van der Waals surface area contributed by atoms with Crippen molar-refractivity contribution >= 4 is 54.3 Å².